The second kappa shape index (κ2) is 19.0. The van der Waals surface area contributed by atoms with E-state index < -0.39 is 16.1 Å². The standard InChI is InChI=1S/C48H56BrN13O7S/c1-30-23-36(54-46-52-26-33(49)45(56-46)53-35-7-6-34-43(51-15-14-50-34)44(35)57(2)70(4,66)67)39(68-3)25-38(30)59-17-10-48(11-18-59)12-19-60(20-13-48)42(64)28-58-21-22-61-32(27-58)29-69-40-24-31(5-8-37(40)61)62-16-9-41(63)55-47(62)65/h5-8,14-15,23-26,32H,9-13,16-22,27-29H2,1-4H3,(H,55,63,65)(H2,52,53,54,56)/t32-/m1/s1. The number of carbonyl (C=O) groups excluding carboxylic acids is 3. The van der Waals surface area contributed by atoms with Crippen LogP contribution in [0.15, 0.2) is 65.5 Å². The van der Waals surface area contributed by atoms with E-state index in [1.165, 1.54) is 17.5 Å². The van der Waals surface area contributed by atoms with Crippen LogP contribution in [-0.4, -0.2) is 148 Å². The number of likely N-dealkylation sites (tertiary alicyclic amines) is 1. The Morgan fingerprint density at radius 1 is 0.943 bits per heavy atom. The van der Waals surface area contributed by atoms with Crippen LogP contribution in [0.1, 0.15) is 37.7 Å². The summed E-state index contributed by atoms with van der Waals surface area (Å²) in [5.41, 5.74) is 6.52. The number of sulfonamides is 1. The van der Waals surface area contributed by atoms with E-state index in [0.717, 1.165) is 100 Å². The third-order valence-electron chi connectivity index (χ3n) is 14.5. The molecule has 1 atom stereocenters. The lowest BCUT2D eigenvalue weighted by Crippen LogP contribution is -2.59. The molecule has 4 saturated heterocycles. The average Bonchev–Trinajstić information content (AvgIpc) is 3.35. The van der Waals surface area contributed by atoms with Crippen molar-refractivity contribution in [1.82, 2.24) is 35.1 Å². The molecule has 368 valence electrons. The summed E-state index contributed by atoms with van der Waals surface area (Å²) in [7, 11) is -0.535. The molecule has 0 aliphatic carbocycles. The Kier molecular flexibility index (Phi) is 12.8. The number of imide groups is 1. The zero-order valence-electron chi connectivity index (χ0n) is 39.6. The maximum absolute atomic E-state index is 13.7. The molecule has 4 amide bonds. The Morgan fingerprint density at radius 2 is 1.71 bits per heavy atom. The van der Waals surface area contributed by atoms with Crippen molar-refractivity contribution in [2.75, 3.05) is 116 Å². The zero-order valence-corrected chi connectivity index (χ0v) is 42.0. The number of anilines is 8. The van der Waals surface area contributed by atoms with Gasteiger partial charge in [-0.1, -0.05) is 0 Å². The monoisotopic (exact) mass is 1040 g/mol. The minimum absolute atomic E-state index is 0.117. The zero-order chi connectivity index (χ0) is 48.9. The predicted octanol–water partition coefficient (Wildman–Crippen LogP) is 5.62. The van der Waals surface area contributed by atoms with E-state index in [2.05, 4.69) is 79.4 Å². The summed E-state index contributed by atoms with van der Waals surface area (Å²) >= 11 is 3.55. The topological polar surface area (TPSA) is 211 Å². The molecule has 0 unspecified atom stereocenters. The maximum Gasteiger partial charge on any atom is 0.328 e. The van der Waals surface area contributed by atoms with Crippen LogP contribution in [-0.2, 0) is 19.6 Å². The highest BCUT2D eigenvalue weighted by molar-refractivity contribution is 9.10. The van der Waals surface area contributed by atoms with Crippen molar-refractivity contribution in [3.63, 3.8) is 0 Å². The van der Waals surface area contributed by atoms with Crippen LogP contribution < -0.4 is 44.4 Å². The number of piperidine rings is 2. The van der Waals surface area contributed by atoms with E-state index >= 15 is 0 Å². The summed E-state index contributed by atoms with van der Waals surface area (Å²) in [6.45, 7) is 8.92. The molecule has 5 aromatic rings. The third kappa shape index (κ3) is 9.42. The van der Waals surface area contributed by atoms with Gasteiger partial charge in [-0.2, -0.15) is 4.98 Å². The number of nitrogens with zero attached hydrogens (tertiary/aromatic N) is 10. The Morgan fingerprint density at radius 3 is 2.47 bits per heavy atom. The van der Waals surface area contributed by atoms with Crippen molar-refractivity contribution >= 4 is 101 Å². The van der Waals surface area contributed by atoms with Crippen LogP contribution in [0.5, 0.6) is 11.5 Å². The van der Waals surface area contributed by atoms with Crippen molar-refractivity contribution in [3.8, 4) is 11.5 Å². The van der Waals surface area contributed by atoms with Gasteiger partial charge in [-0.25, -0.2) is 18.2 Å². The minimum atomic E-state index is -3.65. The van der Waals surface area contributed by atoms with Crippen LogP contribution in [0.4, 0.5) is 50.7 Å². The molecule has 20 nitrogen and oxygen atoms in total. The molecular formula is C48H56BrN13O7S. The first-order valence-corrected chi connectivity index (χ1v) is 26.1. The summed E-state index contributed by atoms with van der Waals surface area (Å²) in [6, 6.07) is 13.1. The largest absolute Gasteiger partial charge is 0.494 e. The molecule has 0 bridgehead atoms. The van der Waals surface area contributed by atoms with Gasteiger partial charge in [0.2, 0.25) is 27.8 Å². The maximum atomic E-state index is 13.7. The fourth-order valence-electron chi connectivity index (χ4n) is 10.4. The fraction of sp³-hybridized carbons (Fsp3) is 0.438. The summed E-state index contributed by atoms with van der Waals surface area (Å²) in [5.74, 6) is 1.99. The number of rotatable bonds is 11. The predicted molar refractivity (Wildman–Crippen MR) is 272 cm³/mol. The van der Waals surface area contributed by atoms with Gasteiger partial charge in [0.1, 0.15) is 35.1 Å². The van der Waals surface area contributed by atoms with Crippen LogP contribution in [0, 0.1) is 12.3 Å². The lowest BCUT2D eigenvalue weighted by Gasteiger charge is -2.48. The van der Waals surface area contributed by atoms with E-state index in [4.69, 9.17) is 14.5 Å². The first-order valence-electron chi connectivity index (χ1n) is 23.5. The van der Waals surface area contributed by atoms with E-state index in [9.17, 15) is 22.8 Å². The van der Waals surface area contributed by atoms with Gasteiger partial charge < -0.3 is 34.8 Å². The second-order valence-electron chi connectivity index (χ2n) is 18.8. The number of urea groups is 1. The average molecular weight is 1040 g/mol. The van der Waals surface area contributed by atoms with Crippen molar-refractivity contribution in [1.29, 1.82) is 0 Å². The minimum Gasteiger partial charge on any atom is -0.494 e. The van der Waals surface area contributed by atoms with Crippen molar-refractivity contribution in [3.05, 3.63) is 71.1 Å². The number of ether oxygens (including phenoxy) is 2. The first-order chi connectivity index (χ1) is 33.6. The Bertz CT molecular complexity index is 2980. The summed E-state index contributed by atoms with van der Waals surface area (Å²) in [6.07, 6.45) is 10.2. The summed E-state index contributed by atoms with van der Waals surface area (Å²) < 4.78 is 39.3. The molecule has 3 N–H and O–H groups in total. The molecule has 1 spiro atoms. The number of aromatic nitrogens is 4. The van der Waals surface area contributed by atoms with Gasteiger partial charge in [0.25, 0.3) is 0 Å². The van der Waals surface area contributed by atoms with E-state index in [0.29, 0.717) is 75.5 Å². The van der Waals surface area contributed by atoms with E-state index in [-0.39, 0.29) is 29.7 Å². The first kappa shape index (κ1) is 47.2. The number of aryl methyl sites for hydroxylation is 1. The van der Waals surface area contributed by atoms with Crippen LogP contribution >= 0.6 is 15.9 Å². The Labute approximate surface area is 414 Å². The fourth-order valence-corrected chi connectivity index (χ4v) is 11.2. The lowest BCUT2D eigenvalue weighted by molar-refractivity contribution is -0.135. The molecule has 4 fully saturated rings. The highest BCUT2D eigenvalue weighted by atomic mass is 79.9. The second-order valence-corrected chi connectivity index (χ2v) is 21.6. The van der Waals surface area contributed by atoms with Gasteiger partial charge in [-0.05, 0) is 89.8 Å². The number of amides is 4. The Hall–Kier alpha value is -6.52. The van der Waals surface area contributed by atoms with Gasteiger partial charge in [-0.3, -0.25) is 39.0 Å². The molecule has 0 radical (unpaired) electrons. The third-order valence-corrected chi connectivity index (χ3v) is 16.3. The molecule has 10 rings (SSSR count). The molecule has 0 saturated carbocycles. The number of benzene rings is 3. The number of carbonyl (C=O) groups is 3. The number of piperazine rings is 1. The highest BCUT2D eigenvalue weighted by Crippen LogP contribution is 2.45. The molecular weight excluding hydrogens is 983 g/mol. The highest BCUT2D eigenvalue weighted by Gasteiger charge is 2.40. The molecule has 22 heteroatoms. The van der Waals surface area contributed by atoms with E-state index in [1.807, 2.05) is 24.3 Å². The van der Waals surface area contributed by atoms with Crippen molar-refractivity contribution in [2.24, 2.45) is 5.41 Å². The molecule has 70 heavy (non-hydrogen) atoms. The quantitative estimate of drug-likeness (QED) is 0.147. The summed E-state index contributed by atoms with van der Waals surface area (Å²) in [5, 5.41) is 9.00. The van der Waals surface area contributed by atoms with Crippen LogP contribution in [0.25, 0.3) is 11.0 Å². The molecule has 5 aliphatic rings. The number of halogens is 1. The normalized spacial score (nSPS) is 19.3. The number of hydrogen-bond donors (Lipinski definition) is 3. The number of methoxy groups -OCH3 is 1. The molecule has 5 aliphatic heterocycles. The Balaban J connectivity index is 0.729. The van der Waals surface area contributed by atoms with Gasteiger partial charge in [0.15, 0.2) is 0 Å². The molecule has 3 aromatic carbocycles. The smallest absolute Gasteiger partial charge is 0.328 e. The summed E-state index contributed by atoms with van der Waals surface area (Å²) in [4.78, 5) is 66.6. The van der Waals surface area contributed by atoms with Crippen LogP contribution in [0.3, 0.4) is 0 Å². The molecule has 7 heterocycles. The van der Waals surface area contributed by atoms with Crippen LogP contribution in [0.2, 0.25) is 0 Å². The number of hydrogen-bond acceptors (Lipinski definition) is 16. The van der Waals surface area contributed by atoms with E-state index in [1.54, 1.807) is 36.5 Å². The van der Waals surface area contributed by atoms with Crippen molar-refractivity contribution in [2.45, 2.75) is 45.1 Å². The molecule has 2 aromatic heterocycles. The number of fused-ring (bicyclic) bond motifs is 4. The lowest BCUT2D eigenvalue weighted by atomic mass is 9.71. The van der Waals surface area contributed by atoms with Gasteiger partial charge in [0.05, 0.1) is 53.0 Å². The van der Waals surface area contributed by atoms with Gasteiger partial charge in [0, 0.05) is 108 Å². The SMILES string of the molecule is COc1cc(N2CCC3(CCN(C(=O)CN4CCN5c6ccc(N7CCC(=O)NC7=O)cc6OC[C@H]5C4)CC3)CC2)c(C)cc1Nc1ncc(Br)c(Nc2ccc3nccnc3c2N(C)S(C)(=O)=O)n1. The van der Waals surface area contributed by atoms with Crippen molar-refractivity contribution < 1.29 is 32.3 Å². The number of nitrogens with one attached hydrogen (secondary N) is 3. The van der Waals surface area contributed by atoms with Gasteiger partial charge in [-0.15, -0.1) is 0 Å². The van der Waals surface area contributed by atoms with Gasteiger partial charge >= 0.3 is 6.03 Å².